The third-order valence-corrected chi connectivity index (χ3v) is 10.3. The van der Waals surface area contributed by atoms with E-state index in [1.54, 1.807) is 6.08 Å². The van der Waals surface area contributed by atoms with Gasteiger partial charge >= 0.3 is 15.6 Å². The van der Waals surface area contributed by atoms with Crippen molar-refractivity contribution >= 4 is 38.5 Å². The zero-order valence-electron chi connectivity index (χ0n) is 24.3. The fourth-order valence-electron chi connectivity index (χ4n) is 5.32. The molecule has 1 amide bonds. The number of nitrogens with zero attached hydrogens (tertiary/aromatic N) is 5. The predicted molar refractivity (Wildman–Crippen MR) is 154 cm³/mol. The minimum Gasteiger partial charge on any atom is -0.387 e. The lowest BCUT2D eigenvalue weighted by atomic mass is 9.92. The number of ether oxygens (including phenoxy) is 2. The van der Waals surface area contributed by atoms with Crippen LogP contribution < -0.4 is 17.2 Å². The number of fused-ring (bicyclic) bond motifs is 1. The van der Waals surface area contributed by atoms with Crippen LogP contribution in [0.2, 0.25) is 0 Å². The standard InChI is InChI=1S/C23H34N8O14P2/c24-4-3-23(17(35)16(34)22(44-23)31-10-29-13-18(25)27-9-28-20(13)31)8-42-47(39,40)45-46(37,38)41-7-12-14(32)15(33)21(43-12)30-5-1-2-11(6-30)19(26)36/h1,5-6,9-10,12,14-17,21-22,32-35H,2-4,7-8,24H2,(H2,26,36)(H,37,38)(H,39,40)(H2,25,27,28)/t12-,14-,15-,16-,17+,21-,22-,23-/m1/s1. The van der Waals surface area contributed by atoms with Gasteiger partial charge in [-0.2, -0.15) is 4.31 Å². The first-order chi connectivity index (χ1) is 22.1. The number of nitrogens with two attached hydrogens (primary N) is 3. The van der Waals surface area contributed by atoms with Gasteiger partial charge < -0.3 is 61.8 Å². The number of anilines is 1. The maximum absolute atomic E-state index is 12.7. The fraction of sp³-hybridized carbons (Fsp3) is 0.565. The van der Waals surface area contributed by atoms with Gasteiger partial charge in [-0.1, -0.05) is 6.08 Å². The van der Waals surface area contributed by atoms with Crippen molar-refractivity contribution in [2.75, 3.05) is 25.5 Å². The molecular weight excluding hydrogens is 674 g/mol. The molecule has 2 saturated heterocycles. The van der Waals surface area contributed by atoms with Crippen LogP contribution in [-0.2, 0) is 36.8 Å². The van der Waals surface area contributed by atoms with E-state index in [0.29, 0.717) is 0 Å². The van der Waals surface area contributed by atoms with E-state index >= 15 is 0 Å². The Bertz CT molecular complexity index is 1640. The first-order valence-corrected chi connectivity index (χ1v) is 16.9. The molecule has 5 heterocycles. The molecule has 260 valence electrons. The molecule has 0 radical (unpaired) electrons. The molecule has 3 aliphatic rings. The van der Waals surface area contributed by atoms with Crippen molar-refractivity contribution in [1.29, 1.82) is 0 Å². The number of aliphatic hydroxyl groups excluding tert-OH is 4. The second kappa shape index (κ2) is 13.5. The second-order valence-corrected chi connectivity index (χ2v) is 13.9. The summed E-state index contributed by atoms with van der Waals surface area (Å²) in [4.78, 5) is 45.2. The lowest BCUT2D eigenvalue weighted by molar-refractivity contribution is -0.128. The number of carbonyl (C=O) groups is 1. The molecule has 3 aliphatic heterocycles. The lowest BCUT2D eigenvalue weighted by Crippen LogP contribution is -2.48. The molecule has 0 spiro atoms. The Morgan fingerprint density at radius 3 is 2.49 bits per heavy atom. The van der Waals surface area contributed by atoms with Crippen LogP contribution in [-0.4, -0.2) is 123 Å². The average Bonchev–Trinajstić information content (AvgIpc) is 3.64. The molecule has 0 aromatic carbocycles. The molecule has 0 bridgehead atoms. The average molecular weight is 709 g/mol. The van der Waals surface area contributed by atoms with Crippen LogP contribution in [0, 0.1) is 0 Å². The Kier molecular flexibility index (Phi) is 10.2. The molecule has 2 aromatic rings. The van der Waals surface area contributed by atoms with Crippen LogP contribution in [0.4, 0.5) is 5.82 Å². The number of carbonyl (C=O) groups excluding carboxylic acids is 1. The Hall–Kier alpha value is -2.92. The number of hydrogen-bond donors (Lipinski definition) is 9. The van der Waals surface area contributed by atoms with Crippen LogP contribution in [0.15, 0.2) is 36.7 Å². The molecule has 0 saturated carbocycles. The van der Waals surface area contributed by atoms with E-state index in [9.17, 15) is 44.1 Å². The number of allylic oxidation sites excluding steroid dienone is 1. The molecule has 2 fully saturated rings. The maximum Gasteiger partial charge on any atom is 0.481 e. The highest BCUT2D eigenvalue weighted by molar-refractivity contribution is 7.61. The zero-order valence-corrected chi connectivity index (χ0v) is 26.1. The van der Waals surface area contributed by atoms with Gasteiger partial charge in [-0.25, -0.2) is 24.1 Å². The van der Waals surface area contributed by atoms with Gasteiger partial charge in [-0.05, 0) is 19.4 Å². The van der Waals surface area contributed by atoms with Crippen LogP contribution in [0.25, 0.3) is 11.2 Å². The van der Waals surface area contributed by atoms with Crippen LogP contribution in [0.5, 0.6) is 0 Å². The van der Waals surface area contributed by atoms with Gasteiger partial charge in [0.05, 0.1) is 19.5 Å². The number of rotatable bonds is 13. The van der Waals surface area contributed by atoms with Gasteiger partial charge in [0, 0.05) is 18.0 Å². The summed E-state index contributed by atoms with van der Waals surface area (Å²) in [7, 11) is -10.9. The van der Waals surface area contributed by atoms with Crippen molar-refractivity contribution in [3.63, 3.8) is 0 Å². The summed E-state index contributed by atoms with van der Waals surface area (Å²) in [5, 5.41) is 42.6. The SMILES string of the molecule is NCC[C@]1(COP(=O)(O)OP(=O)(O)OC[C@H]2O[C@@H](N3C=CCC(C(N)=O)=C3)[C@H](O)[C@@H]2O)O[C@@H](n2cnc3c(N)ncnc32)[C@H](O)[C@@H]1O. The molecule has 24 heteroatoms. The molecule has 10 atom stereocenters. The number of amides is 1. The highest BCUT2D eigenvalue weighted by atomic mass is 31.3. The third-order valence-electron chi connectivity index (χ3n) is 7.69. The highest BCUT2D eigenvalue weighted by Gasteiger charge is 2.56. The summed E-state index contributed by atoms with van der Waals surface area (Å²) in [5.41, 5.74) is 15.3. The van der Waals surface area contributed by atoms with E-state index in [-0.39, 0.29) is 41.9 Å². The number of aliphatic hydroxyl groups is 4. The summed E-state index contributed by atoms with van der Waals surface area (Å²) in [6.45, 7) is -2.05. The van der Waals surface area contributed by atoms with E-state index in [2.05, 4.69) is 19.3 Å². The number of hydrogen-bond acceptors (Lipinski definition) is 18. The lowest BCUT2D eigenvalue weighted by Gasteiger charge is -2.32. The van der Waals surface area contributed by atoms with E-state index in [1.807, 2.05) is 0 Å². The zero-order chi connectivity index (χ0) is 34.3. The topological polar surface area (TPSA) is 344 Å². The van der Waals surface area contributed by atoms with Gasteiger partial charge in [0.1, 0.15) is 48.0 Å². The molecule has 0 aliphatic carbocycles. The van der Waals surface area contributed by atoms with Crippen molar-refractivity contribution in [2.24, 2.45) is 11.5 Å². The van der Waals surface area contributed by atoms with Gasteiger partial charge in [0.15, 0.2) is 23.9 Å². The van der Waals surface area contributed by atoms with Crippen molar-refractivity contribution < 1.29 is 67.0 Å². The van der Waals surface area contributed by atoms with Gasteiger partial charge in [0.2, 0.25) is 5.91 Å². The maximum atomic E-state index is 12.7. The summed E-state index contributed by atoms with van der Waals surface area (Å²) in [6.07, 6.45) is -4.06. The van der Waals surface area contributed by atoms with Crippen molar-refractivity contribution in [1.82, 2.24) is 24.4 Å². The van der Waals surface area contributed by atoms with E-state index in [0.717, 1.165) is 6.33 Å². The Labute approximate surface area is 265 Å². The van der Waals surface area contributed by atoms with Crippen molar-refractivity contribution in [2.45, 2.75) is 61.4 Å². The van der Waals surface area contributed by atoms with Gasteiger partial charge in [-0.3, -0.25) is 18.4 Å². The molecule has 47 heavy (non-hydrogen) atoms. The van der Waals surface area contributed by atoms with Gasteiger partial charge in [0.25, 0.3) is 0 Å². The second-order valence-electron chi connectivity index (χ2n) is 10.8. The molecule has 12 N–H and O–H groups in total. The van der Waals surface area contributed by atoms with Gasteiger partial charge in [-0.15, -0.1) is 0 Å². The minimum absolute atomic E-state index is 0.0347. The fourth-order valence-corrected chi connectivity index (χ4v) is 7.45. The van der Waals surface area contributed by atoms with E-state index in [4.69, 9.17) is 35.7 Å². The Balaban J connectivity index is 1.21. The van der Waals surface area contributed by atoms with E-state index < -0.39 is 83.3 Å². The molecular formula is C23H34N8O14P2. The Morgan fingerprint density at radius 1 is 1.06 bits per heavy atom. The molecule has 2 aromatic heterocycles. The number of aromatic nitrogens is 4. The normalized spacial score (nSPS) is 33.6. The molecule has 5 rings (SSSR count). The number of imidazole rings is 1. The van der Waals surface area contributed by atoms with Crippen LogP contribution in [0.1, 0.15) is 19.1 Å². The smallest absolute Gasteiger partial charge is 0.387 e. The van der Waals surface area contributed by atoms with Crippen molar-refractivity contribution in [3.05, 3.63) is 36.7 Å². The Morgan fingerprint density at radius 2 is 1.79 bits per heavy atom. The first-order valence-electron chi connectivity index (χ1n) is 13.9. The number of phosphoric ester groups is 2. The van der Waals surface area contributed by atoms with Crippen molar-refractivity contribution in [3.8, 4) is 0 Å². The minimum atomic E-state index is -5.47. The van der Waals surface area contributed by atoms with Crippen LogP contribution >= 0.6 is 15.6 Å². The van der Waals surface area contributed by atoms with Crippen LogP contribution in [0.3, 0.4) is 0 Å². The molecule has 22 nitrogen and oxygen atoms in total. The first kappa shape index (κ1) is 35.4. The quantitative estimate of drug-likeness (QED) is 0.0938. The largest absolute Gasteiger partial charge is 0.481 e. The molecule has 2 unspecified atom stereocenters. The summed E-state index contributed by atoms with van der Waals surface area (Å²) >= 11 is 0. The summed E-state index contributed by atoms with van der Waals surface area (Å²) in [6, 6.07) is 0. The predicted octanol–water partition coefficient (Wildman–Crippen LogP) is -2.97. The monoisotopic (exact) mass is 708 g/mol. The number of nitrogen functional groups attached to an aromatic ring is 1. The van der Waals surface area contributed by atoms with E-state index in [1.165, 1.54) is 28.2 Å². The number of primary amides is 1. The highest BCUT2D eigenvalue weighted by Crippen LogP contribution is 2.61. The third kappa shape index (κ3) is 7.26. The number of phosphoric acid groups is 2. The summed E-state index contributed by atoms with van der Waals surface area (Å²) < 4.78 is 52.0. The summed E-state index contributed by atoms with van der Waals surface area (Å²) in [5.74, 6) is -0.680.